The van der Waals surface area contributed by atoms with Crippen molar-refractivity contribution in [3.63, 3.8) is 0 Å². The van der Waals surface area contributed by atoms with Gasteiger partial charge in [-0.25, -0.2) is 9.24 Å². The Labute approximate surface area is 144 Å². The van der Waals surface area contributed by atoms with Gasteiger partial charge in [0.2, 0.25) is 0 Å². The summed E-state index contributed by atoms with van der Waals surface area (Å²) >= 11 is 0. The van der Waals surface area contributed by atoms with Crippen LogP contribution in [-0.4, -0.2) is 42.3 Å². The Bertz CT molecular complexity index is 653. The number of hydrogen-bond donors (Lipinski definition) is 1. The highest BCUT2D eigenvalue weighted by Gasteiger charge is 2.44. The highest BCUT2D eigenvalue weighted by Crippen LogP contribution is 2.50. The molecule has 132 valence electrons. The molecule has 4 rings (SSSR count). The summed E-state index contributed by atoms with van der Waals surface area (Å²) in [6.45, 7) is 1.99. The summed E-state index contributed by atoms with van der Waals surface area (Å²) in [5.41, 5.74) is 2.78. The van der Waals surface area contributed by atoms with Crippen LogP contribution in [0.3, 0.4) is 0 Å². The zero-order valence-electron chi connectivity index (χ0n) is 14.3. The molecule has 4 atom stereocenters. The first-order chi connectivity index (χ1) is 11.6. The average molecular weight is 350 g/mol. The minimum absolute atomic E-state index is 0.309. The molecule has 1 N–H and O–H groups in total. The monoisotopic (exact) mass is 350 g/mol. The van der Waals surface area contributed by atoms with E-state index in [9.17, 15) is 9.46 Å². The van der Waals surface area contributed by atoms with E-state index in [1.165, 1.54) is 44.0 Å². The van der Waals surface area contributed by atoms with Crippen LogP contribution in [-0.2, 0) is 15.5 Å². The molecule has 0 bridgehead atoms. The highest BCUT2D eigenvalue weighted by atomic mass is 31.2. The number of piperazine rings is 1. The van der Waals surface area contributed by atoms with E-state index in [2.05, 4.69) is 29.2 Å². The number of rotatable bonds is 2. The summed E-state index contributed by atoms with van der Waals surface area (Å²) in [5.74, 6) is 1.29. The maximum Gasteiger partial charge on any atom is 0.405 e. The molecule has 3 aliphatic rings. The molecule has 1 aliphatic carbocycles. The molecule has 4 unspecified atom stereocenters. The Morgan fingerprint density at radius 1 is 1.21 bits per heavy atom. The van der Waals surface area contributed by atoms with Gasteiger partial charge in [-0.1, -0.05) is 31.0 Å². The molecule has 6 heteroatoms. The predicted octanol–water partition coefficient (Wildman–Crippen LogP) is 3.29. The third-order valence-electron chi connectivity index (χ3n) is 6.24. The topological polar surface area (TPSA) is 53.0 Å². The molecule has 0 amide bonds. The van der Waals surface area contributed by atoms with Crippen LogP contribution in [0.4, 0.5) is 5.69 Å². The quantitative estimate of drug-likeness (QED) is 0.830. The lowest BCUT2D eigenvalue weighted by Crippen LogP contribution is -2.56. The van der Waals surface area contributed by atoms with Gasteiger partial charge in [0.1, 0.15) is 0 Å². The third kappa shape index (κ3) is 2.82. The van der Waals surface area contributed by atoms with Crippen molar-refractivity contribution in [3.8, 4) is 0 Å². The lowest BCUT2D eigenvalue weighted by Gasteiger charge is -2.47. The number of anilines is 1. The number of para-hydroxylation sites is 1. The SMILES string of the molecule is COP(=O)(O)N1CCN2c3ccccc3CC3CCCCC3C2C1. The summed E-state index contributed by atoms with van der Waals surface area (Å²) in [4.78, 5) is 12.7. The van der Waals surface area contributed by atoms with Crippen molar-refractivity contribution in [2.24, 2.45) is 11.8 Å². The van der Waals surface area contributed by atoms with Gasteiger partial charge in [0.05, 0.1) is 0 Å². The fourth-order valence-electron chi connectivity index (χ4n) is 5.05. The van der Waals surface area contributed by atoms with Crippen LogP contribution in [0.15, 0.2) is 24.3 Å². The Morgan fingerprint density at radius 2 is 2.00 bits per heavy atom. The van der Waals surface area contributed by atoms with Crippen molar-refractivity contribution in [3.05, 3.63) is 29.8 Å². The normalized spacial score (nSPS) is 32.9. The van der Waals surface area contributed by atoms with Gasteiger partial charge in [-0.05, 0) is 42.7 Å². The molecule has 0 spiro atoms. The maximum atomic E-state index is 12.3. The first-order valence-electron chi connectivity index (χ1n) is 9.08. The van der Waals surface area contributed by atoms with E-state index >= 15 is 0 Å². The van der Waals surface area contributed by atoms with Gasteiger partial charge in [-0.3, -0.25) is 0 Å². The predicted molar refractivity (Wildman–Crippen MR) is 95.1 cm³/mol. The van der Waals surface area contributed by atoms with Gasteiger partial charge in [-0.2, -0.15) is 0 Å². The molecule has 24 heavy (non-hydrogen) atoms. The maximum absolute atomic E-state index is 12.3. The lowest BCUT2D eigenvalue weighted by molar-refractivity contribution is 0.149. The molecular formula is C18H27N2O3P. The number of benzene rings is 1. The number of fused-ring (bicyclic) bond motifs is 5. The Morgan fingerprint density at radius 3 is 2.83 bits per heavy atom. The van der Waals surface area contributed by atoms with Crippen LogP contribution >= 0.6 is 7.75 Å². The zero-order chi connectivity index (χ0) is 16.7. The van der Waals surface area contributed by atoms with E-state index < -0.39 is 7.75 Å². The van der Waals surface area contributed by atoms with Crippen LogP contribution in [0.1, 0.15) is 31.2 Å². The Hall–Kier alpha value is -0.870. The van der Waals surface area contributed by atoms with E-state index in [1.807, 2.05) is 0 Å². The molecule has 1 saturated heterocycles. The van der Waals surface area contributed by atoms with Gasteiger partial charge in [0, 0.05) is 38.5 Å². The summed E-state index contributed by atoms with van der Waals surface area (Å²) in [6, 6.07) is 9.05. The Kier molecular flexibility index (Phi) is 4.46. The van der Waals surface area contributed by atoms with Crippen molar-refractivity contribution in [1.29, 1.82) is 0 Å². The highest BCUT2D eigenvalue weighted by molar-refractivity contribution is 7.50. The molecule has 2 heterocycles. The van der Waals surface area contributed by atoms with E-state index in [-0.39, 0.29) is 0 Å². The second-order valence-corrected chi connectivity index (χ2v) is 9.30. The summed E-state index contributed by atoms with van der Waals surface area (Å²) < 4.78 is 18.9. The summed E-state index contributed by atoms with van der Waals surface area (Å²) in [5, 5.41) is 0. The lowest BCUT2D eigenvalue weighted by atomic mass is 9.73. The second-order valence-electron chi connectivity index (χ2n) is 7.39. The molecular weight excluding hydrogens is 323 g/mol. The molecule has 1 aromatic rings. The first kappa shape index (κ1) is 16.6. The van der Waals surface area contributed by atoms with Gasteiger partial charge >= 0.3 is 7.75 Å². The zero-order valence-corrected chi connectivity index (χ0v) is 15.2. The van der Waals surface area contributed by atoms with Crippen LogP contribution in [0.5, 0.6) is 0 Å². The van der Waals surface area contributed by atoms with Crippen LogP contribution in [0.25, 0.3) is 0 Å². The first-order valence-corrected chi connectivity index (χ1v) is 10.6. The molecule has 0 radical (unpaired) electrons. The van der Waals surface area contributed by atoms with E-state index in [0.717, 1.165) is 13.0 Å². The van der Waals surface area contributed by atoms with Crippen LogP contribution < -0.4 is 4.90 Å². The van der Waals surface area contributed by atoms with Crippen LogP contribution in [0.2, 0.25) is 0 Å². The second kappa shape index (κ2) is 6.45. The van der Waals surface area contributed by atoms with Gasteiger partial charge in [0.15, 0.2) is 0 Å². The summed E-state index contributed by atoms with van der Waals surface area (Å²) in [6.07, 6.45) is 6.26. The minimum atomic E-state index is -3.65. The van der Waals surface area contributed by atoms with E-state index in [1.54, 1.807) is 4.67 Å². The summed E-state index contributed by atoms with van der Waals surface area (Å²) in [7, 11) is -2.32. The van der Waals surface area contributed by atoms with E-state index in [0.29, 0.717) is 31.0 Å². The largest absolute Gasteiger partial charge is 0.405 e. The van der Waals surface area contributed by atoms with Gasteiger partial charge < -0.3 is 14.3 Å². The Balaban J connectivity index is 1.71. The van der Waals surface area contributed by atoms with E-state index in [4.69, 9.17) is 4.52 Å². The van der Waals surface area contributed by atoms with Crippen molar-refractivity contribution < 1.29 is 14.0 Å². The minimum Gasteiger partial charge on any atom is -0.365 e. The molecule has 2 aliphatic heterocycles. The van der Waals surface area contributed by atoms with Crippen molar-refractivity contribution in [1.82, 2.24) is 4.67 Å². The van der Waals surface area contributed by atoms with Gasteiger partial charge in [-0.15, -0.1) is 0 Å². The van der Waals surface area contributed by atoms with Crippen molar-refractivity contribution in [2.75, 3.05) is 31.6 Å². The average Bonchev–Trinajstić information content (AvgIpc) is 2.76. The standard InChI is InChI=1S/C18H27N2O3P/c1-23-24(21,22)19-10-11-20-17-9-5-3-7-15(17)12-14-6-2-4-8-16(14)18(20)13-19/h3,5,7,9,14,16,18H,2,4,6,8,10-13H2,1H3,(H,21,22). The van der Waals surface area contributed by atoms with Crippen molar-refractivity contribution in [2.45, 2.75) is 38.1 Å². The molecule has 0 aromatic heterocycles. The smallest absolute Gasteiger partial charge is 0.365 e. The fraction of sp³-hybridized carbons (Fsp3) is 0.667. The van der Waals surface area contributed by atoms with Crippen LogP contribution in [0, 0.1) is 11.8 Å². The number of hydrogen-bond acceptors (Lipinski definition) is 3. The molecule has 1 saturated carbocycles. The van der Waals surface area contributed by atoms with Gasteiger partial charge in [0.25, 0.3) is 0 Å². The van der Waals surface area contributed by atoms with Crippen molar-refractivity contribution >= 4 is 13.4 Å². The third-order valence-corrected chi connectivity index (χ3v) is 7.79. The molecule has 2 fully saturated rings. The molecule has 1 aromatic carbocycles. The molecule has 5 nitrogen and oxygen atoms in total. The number of nitrogens with zero attached hydrogens (tertiary/aromatic N) is 2. The fourth-order valence-corrected chi connectivity index (χ4v) is 5.99.